The van der Waals surface area contributed by atoms with Crippen LogP contribution in [-0.2, 0) is 4.79 Å². The topological polar surface area (TPSA) is 44.4 Å². The van der Waals surface area contributed by atoms with Gasteiger partial charge in [0.15, 0.2) is 0 Å². The number of hydrogen-bond donors (Lipinski definition) is 2. The van der Waals surface area contributed by atoms with Gasteiger partial charge in [-0.25, -0.2) is 0 Å². The van der Waals surface area contributed by atoms with Gasteiger partial charge in [-0.1, -0.05) is 18.2 Å². The molecule has 0 bridgehead atoms. The summed E-state index contributed by atoms with van der Waals surface area (Å²) in [4.78, 5) is 14.7. The van der Waals surface area contributed by atoms with Crippen LogP contribution in [0.4, 0.5) is 17.1 Å². The fraction of sp³-hybridized carbons (Fsp3) is 0.350. The molecule has 2 N–H and O–H groups in total. The number of benzene rings is 2. The van der Waals surface area contributed by atoms with E-state index in [4.69, 9.17) is 0 Å². The van der Waals surface area contributed by atoms with Crippen LogP contribution in [0.5, 0.6) is 0 Å². The predicted molar refractivity (Wildman–Crippen MR) is 101 cm³/mol. The van der Waals surface area contributed by atoms with Gasteiger partial charge in [0.1, 0.15) is 6.04 Å². The Labute approximate surface area is 143 Å². The second-order valence-corrected chi connectivity index (χ2v) is 6.32. The fourth-order valence-corrected chi connectivity index (χ4v) is 3.01. The molecule has 1 saturated heterocycles. The fourth-order valence-electron chi connectivity index (χ4n) is 3.01. The van der Waals surface area contributed by atoms with E-state index in [1.165, 1.54) is 24.9 Å². The molecule has 126 valence electrons. The second kappa shape index (κ2) is 7.86. The minimum atomic E-state index is -0.300. The molecule has 4 nitrogen and oxygen atoms in total. The maximum absolute atomic E-state index is 12.2. The molecule has 2 aromatic rings. The molecule has 1 aliphatic rings. The number of hydrogen-bond acceptors (Lipinski definition) is 3. The molecule has 4 heteroatoms. The van der Waals surface area contributed by atoms with Crippen LogP contribution in [-0.4, -0.2) is 25.0 Å². The van der Waals surface area contributed by atoms with E-state index in [-0.39, 0.29) is 11.9 Å². The average molecular weight is 323 g/mol. The van der Waals surface area contributed by atoms with Crippen molar-refractivity contribution in [2.75, 3.05) is 28.6 Å². The van der Waals surface area contributed by atoms with E-state index in [0.29, 0.717) is 0 Å². The summed E-state index contributed by atoms with van der Waals surface area (Å²) >= 11 is 0. The molecule has 24 heavy (non-hydrogen) atoms. The Bertz CT molecular complexity index is 648. The molecular weight excluding hydrogens is 298 g/mol. The zero-order chi connectivity index (χ0) is 16.8. The van der Waals surface area contributed by atoms with Crippen LogP contribution >= 0.6 is 0 Å². The summed E-state index contributed by atoms with van der Waals surface area (Å²) < 4.78 is 0. The van der Waals surface area contributed by atoms with Crippen molar-refractivity contribution in [2.24, 2.45) is 0 Å². The van der Waals surface area contributed by atoms with Crippen LogP contribution in [0, 0.1) is 0 Å². The third-order valence-corrected chi connectivity index (χ3v) is 4.41. The molecule has 1 aliphatic heterocycles. The van der Waals surface area contributed by atoms with Crippen molar-refractivity contribution >= 4 is 23.0 Å². The molecule has 0 aliphatic carbocycles. The first-order valence-electron chi connectivity index (χ1n) is 8.70. The number of carbonyl (C=O) groups is 1. The van der Waals surface area contributed by atoms with Gasteiger partial charge in [0, 0.05) is 30.2 Å². The molecule has 0 spiro atoms. The lowest BCUT2D eigenvalue weighted by Crippen LogP contribution is -2.32. The normalized spacial score (nSPS) is 15.6. The molecule has 1 heterocycles. The summed E-state index contributed by atoms with van der Waals surface area (Å²) in [5.74, 6) is -0.0405. The average Bonchev–Trinajstić information content (AvgIpc) is 2.64. The smallest absolute Gasteiger partial charge is 0.246 e. The highest BCUT2D eigenvalue weighted by Gasteiger charge is 2.14. The van der Waals surface area contributed by atoms with E-state index >= 15 is 0 Å². The lowest BCUT2D eigenvalue weighted by Gasteiger charge is -2.29. The summed E-state index contributed by atoms with van der Waals surface area (Å²) in [5, 5.41) is 6.18. The zero-order valence-corrected chi connectivity index (χ0v) is 14.2. The highest BCUT2D eigenvalue weighted by atomic mass is 16.2. The molecular formula is C20H25N3O. The highest BCUT2D eigenvalue weighted by Crippen LogP contribution is 2.22. The minimum Gasteiger partial charge on any atom is -0.374 e. The lowest BCUT2D eigenvalue weighted by atomic mass is 10.1. The summed E-state index contributed by atoms with van der Waals surface area (Å²) in [6.45, 7) is 4.15. The summed E-state index contributed by atoms with van der Waals surface area (Å²) in [5.41, 5.74) is 3.05. The van der Waals surface area contributed by atoms with Crippen LogP contribution in [0.2, 0.25) is 0 Å². The molecule has 0 radical (unpaired) electrons. The maximum atomic E-state index is 12.2. The van der Waals surface area contributed by atoms with Crippen LogP contribution < -0.4 is 15.5 Å². The number of amides is 1. The number of nitrogens with one attached hydrogen (secondary N) is 2. The van der Waals surface area contributed by atoms with Gasteiger partial charge in [0.05, 0.1) is 0 Å². The largest absolute Gasteiger partial charge is 0.374 e. The number of rotatable bonds is 5. The Balaban J connectivity index is 1.55. The molecule has 1 atom stereocenters. The summed E-state index contributed by atoms with van der Waals surface area (Å²) in [6.07, 6.45) is 3.89. The Hall–Kier alpha value is -2.49. The van der Waals surface area contributed by atoms with E-state index in [9.17, 15) is 4.79 Å². The van der Waals surface area contributed by atoms with E-state index in [0.717, 1.165) is 24.5 Å². The monoisotopic (exact) mass is 323 g/mol. The molecule has 3 rings (SSSR count). The SMILES string of the molecule is C[C@H](Nc1ccc(N2CCCCC2)cc1)C(=O)Nc1ccccc1. The van der Waals surface area contributed by atoms with Crippen molar-refractivity contribution in [3.05, 3.63) is 54.6 Å². The number of piperidine rings is 1. The first-order valence-corrected chi connectivity index (χ1v) is 8.70. The highest BCUT2D eigenvalue weighted by molar-refractivity contribution is 5.96. The lowest BCUT2D eigenvalue weighted by molar-refractivity contribution is -0.116. The predicted octanol–water partition coefficient (Wildman–Crippen LogP) is 4.12. The number of anilines is 3. The standard InChI is InChI=1S/C20H25N3O/c1-16(20(24)22-17-8-4-2-5-9-17)21-18-10-12-19(13-11-18)23-14-6-3-7-15-23/h2,4-5,8-13,16,21H,3,6-7,14-15H2,1H3,(H,22,24)/t16-/m0/s1. The summed E-state index contributed by atoms with van der Waals surface area (Å²) in [7, 11) is 0. The number of nitrogens with zero attached hydrogens (tertiary/aromatic N) is 1. The van der Waals surface area contributed by atoms with E-state index in [1.807, 2.05) is 37.3 Å². The molecule has 0 saturated carbocycles. The van der Waals surface area contributed by atoms with Crippen LogP contribution in [0.15, 0.2) is 54.6 Å². The van der Waals surface area contributed by atoms with Crippen LogP contribution in [0.25, 0.3) is 0 Å². The number of para-hydroxylation sites is 1. The molecule has 1 amide bonds. The third-order valence-electron chi connectivity index (χ3n) is 4.41. The van der Waals surface area contributed by atoms with Crippen LogP contribution in [0.3, 0.4) is 0 Å². The Morgan fingerprint density at radius 1 is 0.917 bits per heavy atom. The number of carbonyl (C=O) groups excluding carboxylic acids is 1. The third kappa shape index (κ3) is 4.28. The Morgan fingerprint density at radius 2 is 1.58 bits per heavy atom. The molecule has 0 unspecified atom stereocenters. The van der Waals surface area contributed by atoms with Gasteiger partial charge in [0.25, 0.3) is 0 Å². The van der Waals surface area contributed by atoms with Crippen molar-refractivity contribution in [1.82, 2.24) is 0 Å². The van der Waals surface area contributed by atoms with Gasteiger partial charge in [-0.05, 0) is 62.6 Å². The zero-order valence-electron chi connectivity index (χ0n) is 14.2. The summed E-state index contributed by atoms with van der Waals surface area (Å²) in [6, 6.07) is 17.6. The van der Waals surface area contributed by atoms with Crippen molar-refractivity contribution in [2.45, 2.75) is 32.2 Å². The van der Waals surface area contributed by atoms with Gasteiger partial charge in [-0.3, -0.25) is 4.79 Å². The van der Waals surface area contributed by atoms with Crippen molar-refractivity contribution in [3.8, 4) is 0 Å². The van der Waals surface area contributed by atoms with E-state index in [1.54, 1.807) is 0 Å². The first kappa shape index (κ1) is 16.4. The second-order valence-electron chi connectivity index (χ2n) is 6.32. The molecule has 2 aromatic carbocycles. The van der Waals surface area contributed by atoms with Crippen LogP contribution in [0.1, 0.15) is 26.2 Å². The van der Waals surface area contributed by atoms with Crippen molar-refractivity contribution in [3.63, 3.8) is 0 Å². The van der Waals surface area contributed by atoms with Gasteiger partial charge in [0.2, 0.25) is 5.91 Å². The van der Waals surface area contributed by atoms with Gasteiger partial charge < -0.3 is 15.5 Å². The Morgan fingerprint density at radius 3 is 2.25 bits per heavy atom. The van der Waals surface area contributed by atoms with E-state index in [2.05, 4.69) is 39.8 Å². The van der Waals surface area contributed by atoms with Gasteiger partial charge in [-0.2, -0.15) is 0 Å². The molecule has 0 aromatic heterocycles. The van der Waals surface area contributed by atoms with Gasteiger partial charge in [-0.15, -0.1) is 0 Å². The van der Waals surface area contributed by atoms with E-state index < -0.39 is 0 Å². The van der Waals surface area contributed by atoms with Crippen molar-refractivity contribution < 1.29 is 4.79 Å². The van der Waals surface area contributed by atoms with Gasteiger partial charge >= 0.3 is 0 Å². The maximum Gasteiger partial charge on any atom is 0.246 e. The molecule has 1 fully saturated rings. The minimum absolute atomic E-state index is 0.0405. The first-order chi connectivity index (χ1) is 11.7. The quantitative estimate of drug-likeness (QED) is 0.870. The Kier molecular flexibility index (Phi) is 5.36. The van der Waals surface area contributed by atoms with Crippen molar-refractivity contribution in [1.29, 1.82) is 0 Å².